The molecule has 1 aromatic carbocycles. The van der Waals surface area contributed by atoms with Gasteiger partial charge in [-0.15, -0.1) is 0 Å². The molecule has 1 atom stereocenters. The molecule has 1 aromatic heterocycles. The highest BCUT2D eigenvalue weighted by molar-refractivity contribution is 5.78. The van der Waals surface area contributed by atoms with Crippen LogP contribution in [0.1, 0.15) is 12.7 Å². The quantitative estimate of drug-likeness (QED) is 0.812. The maximum atomic E-state index is 11.2. The number of rotatable bonds is 5. The van der Waals surface area contributed by atoms with Crippen molar-refractivity contribution in [1.29, 1.82) is 0 Å². The Morgan fingerprint density at radius 1 is 1.44 bits per heavy atom. The summed E-state index contributed by atoms with van der Waals surface area (Å²) in [4.78, 5) is 15.7. The van der Waals surface area contributed by atoms with Crippen LogP contribution >= 0.6 is 0 Å². The number of carbonyl (C=O) groups is 1. The van der Waals surface area contributed by atoms with E-state index in [1.165, 1.54) is 0 Å². The van der Waals surface area contributed by atoms with Crippen molar-refractivity contribution in [2.24, 2.45) is 17.4 Å². The highest BCUT2D eigenvalue weighted by Crippen LogP contribution is 2.18. The topological polar surface area (TPSA) is 86.9 Å². The van der Waals surface area contributed by atoms with E-state index in [-0.39, 0.29) is 11.8 Å². The Labute approximate surface area is 106 Å². The summed E-state index contributed by atoms with van der Waals surface area (Å²) in [6.45, 7) is 2.91. The summed E-state index contributed by atoms with van der Waals surface area (Å²) < 4.78 is 2.04. The van der Waals surface area contributed by atoms with Crippen LogP contribution in [0.5, 0.6) is 0 Å². The van der Waals surface area contributed by atoms with Crippen molar-refractivity contribution < 1.29 is 4.79 Å². The minimum atomic E-state index is -0.300. The smallest absolute Gasteiger partial charge is 0.222 e. The number of nitrogens with two attached hydrogens (primary N) is 2. The van der Waals surface area contributed by atoms with Gasteiger partial charge in [0.2, 0.25) is 5.91 Å². The van der Waals surface area contributed by atoms with Crippen molar-refractivity contribution in [3.8, 4) is 0 Å². The predicted molar refractivity (Wildman–Crippen MR) is 70.8 cm³/mol. The van der Waals surface area contributed by atoms with Crippen LogP contribution in [0.25, 0.3) is 11.0 Å². The lowest BCUT2D eigenvalue weighted by atomic mass is 10.1. The van der Waals surface area contributed by atoms with Crippen LogP contribution in [0.3, 0.4) is 0 Å². The molecular weight excluding hydrogens is 228 g/mol. The van der Waals surface area contributed by atoms with Gasteiger partial charge in [-0.05, 0) is 18.7 Å². The second-order valence-corrected chi connectivity index (χ2v) is 4.47. The fourth-order valence-corrected chi connectivity index (χ4v) is 2.01. The summed E-state index contributed by atoms with van der Waals surface area (Å²) in [6, 6.07) is 7.86. The van der Waals surface area contributed by atoms with Gasteiger partial charge < -0.3 is 16.0 Å². The highest BCUT2D eigenvalue weighted by atomic mass is 16.1. The molecule has 2 aromatic rings. The van der Waals surface area contributed by atoms with E-state index in [0.717, 1.165) is 16.9 Å². The van der Waals surface area contributed by atoms with E-state index in [2.05, 4.69) is 4.98 Å². The molecule has 18 heavy (non-hydrogen) atoms. The summed E-state index contributed by atoms with van der Waals surface area (Å²) in [6.07, 6.45) is 0.695. The van der Waals surface area contributed by atoms with Crippen LogP contribution < -0.4 is 11.5 Å². The average molecular weight is 246 g/mol. The Bertz CT molecular complexity index is 561. The number of hydrogen-bond acceptors (Lipinski definition) is 3. The zero-order chi connectivity index (χ0) is 13.1. The van der Waals surface area contributed by atoms with Gasteiger partial charge in [-0.25, -0.2) is 4.98 Å². The van der Waals surface area contributed by atoms with Crippen molar-refractivity contribution in [3.05, 3.63) is 30.1 Å². The third kappa shape index (κ3) is 2.36. The van der Waals surface area contributed by atoms with Gasteiger partial charge >= 0.3 is 0 Å². The first-order chi connectivity index (χ1) is 8.63. The molecule has 0 aliphatic heterocycles. The number of fused-ring (bicyclic) bond motifs is 1. The number of para-hydroxylation sites is 2. The third-order valence-electron chi connectivity index (χ3n) is 3.04. The van der Waals surface area contributed by atoms with Crippen molar-refractivity contribution in [2.75, 3.05) is 6.54 Å². The fourth-order valence-electron chi connectivity index (χ4n) is 2.01. The predicted octanol–water partition coefficient (Wildman–Crippen LogP) is 0.659. The molecule has 1 unspecified atom stereocenters. The van der Waals surface area contributed by atoms with Crippen LogP contribution in [0, 0.1) is 5.92 Å². The highest BCUT2D eigenvalue weighted by Gasteiger charge is 2.15. The van der Waals surface area contributed by atoms with Crippen LogP contribution in [-0.2, 0) is 17.8 Å². The summed E-state index contributed by atoms with van der Waals surface area (Å²) in [5, 5.41) is 0. The Kier molecular flexibility index (Phi) is 3.62. The first kappa shape index (κ1) is 12.6. The second-order valence-electron chi connectivity index (χ2n) is 4.47. The monoisotopic (exact) mass is 246 g/mol. The van der Waals surface area contributed by atoms with E-state index in [1.807, 2.05) is 35.8 Å². The molecule has 0 spiro atoms. The Morgan fingerprint density at radius 3 is 2.83 bits per heavy atom. The van der Waals surface area contributed by atoms with Crippen LogP contribution in [-0.4, -0.2) is 22.0 Å². The van der Waals surface area contributed by atoms with Crippen molar-refractivity contribution in [2.45, 2.75) is 19.9 Å². The molecule has 0 bridgehead atoms. The van der Waals surface area contributed by atoms with Crippen LogP contribution in [0.2, 0.25) is 0 Å². The minimum Gasteiger partial charge on any atom is -0.369 e. The van der Waals surface area contributed by atoms with E-state index < -0.39 is 0 Å². The van der Waals surface area contributed by atoms with Crippen molar-refractivity contribution in [1.82, 2.24) is 9.55 Å². The molecule has 96 valence electrons. The molecule has 5 heteroatoms. The zero-order valence-electron chi connectivity index (χ0n) is 10.5. The Balaban J connectivity index is 2.44. The molecule has 0 aliphatic carbocycles. The van der Waals surface area contributed by atoms with E-state index >= 15 is 0 Å². The number of aromatic nitrogens is 2. The molecule has 4 N–H and O–H groups in total. The normalized spacial score (nSPS) is 12.8. The zero-order valence-corrected chi connectivity index (χ0v) is 10.5. The molecule has 5 nitrogen and oxygen atoms in total. The number of imidazole rings is 1. The Hall–Kier alpha value is -1.88. The molecule has 1 heterocycles. The van der Waals surface area contributed by atoms with E-state index in [1.54, 1.807) is 0 Å². The minimum absolute atomic E-state index is 0.223. The number of nitrogens with zero attached hydrogens (tertiary/aromatic N) is 2. The van der Waals surface area contributed by atoms with Gasteiger partial charge in [0.25, 0.3) is 0 Å². The molecule has 0 fully saturated rings. The Morgan fingerprint density at radius 2 is 2.17 bits per heavy atom. The van der Waals surface area contributed by atoms with Gasteiger partial charge in [-0.1, -0.05) is 19.1 Å². The van der Waals surface area contributed by atoms with Gasteiger partial charge in [-0.3, -0.25) is 4.79 Å². The largest absolute Gasteiger partial charge is 0.369 e. The van der Waals surface area contributed by atoms with Crippen molar-refractivity contribution in [3.63, 3.8) is 0 Å². The molecular formula is C13H18N4O. The molecule has 0 aliphatic rings. The maximum Gasteiger partial charge on any atom is 0.222 e. The van der Waals surface area contributed by atoms with Gasteiger partial charge in [0.1, 0.15) is 5.82 Å². The number of carbonyl (C=O) groups excluding carboxylic acids is 1. The maximum absolute atomic E-state index is 11.2. The molecule has 0 saturated heterocycles. The number of primary amides is 1. The van der Waals surface area contributed by atoms with Gasteiger partial charge in [0, 0.05) is 13.0 Å². The average Bonchev–Trinajstić information content (AvgIpc) is 2.68. The molecule has 0 radical (unpaired) electrons. The lowest BCUT2D eigenvalue weighted by Crippen LogP contribution is -2.25. The summed E-state index contributed by atoms with van der Waals surface area (Å²) in [7, 11) is 0. The lowest BCUT2D eigenvalue weighted by Gasteiger charge is -2.12. The number of hydrogen-bond donors (Lipinski definition) is 2. The standard InChI is InChI=1S/C13H18N4O/c1-9(13(15)18)8-17-11-5-3-2-4-10(11)16-12(17)6-7-14/h2-5,9H,6-8,14H2,1H3,(H2,15,18). The van der Waals surface area contributed by atoms with Crippen molar-refractivity contribution >= 4 is 16.9 Å². The SMILES string of the molecule is CC(Cn1c(CCN)nc2ccccc21)C(N)=O. The molecule has 1 amide bonds. The van der Waals surface area contributed by atoms with E-state index in [4.69, 9.17) is 11.5 Å². The van der Waals surface area contributed by atoms with E-state index in [0.29, 0.717) is 19.5 Å². The summed E-state index contributed by atoms with van der Waals surface area (Å²) >= 11 is 0. The lowest BCUT2D eigenvalue weighted by molar-refractivity contribution is -0.121. The number of benzene rings is 1. The fraction of sp³-hybridized carbons (Fsp3) is 0.385. The first-order valence-corrected chi connectivity index (χ1v) is 6.07. The number of amides is 1. The first-order valence-electron chi connectivity index (χ1n) is 6.07. The van der Waals surface area contributed by atoms with Gasteiger partial charge in [0.05, 0.1) is 17.0 Å². The summed E-state index contributed by atoms with van der Waals surface area (Å²) in [5.74, 6) is 0.386. The van der Waals surface area contributed by atoms with Gasteiger partial charge in [0.15, 0.2) is 0 Å². The summed E-state index contributed by atoms with van der Waals surface area (Å²) in [5.41, 5.74) is 12.9. The van der Waals surface area contributed by atoms with E-state index in [9.17, 15) is 4.79 Å². The van der Waals surface area contributed by atoms with Crippen LogP contribution in [0.4, 0.5) is 0 Å². The third-order valence-corrected chi connectivity index (χ3v) is 3.04. The van der Waals surface area contributed by atoms with Gasteiger partial charge in [-0.2, -0.15) is 0 Å². The molecule has 2 rings (SSSR count). The molecule has 0 saturated carbocycles. The van der Waals surface area contributed by atoms with Crippen LogP contribution in [0.15, 0.2) is 24.3 Å². The second kappa shape index (κ2) is 5.18.